The Morgan fingerprint density at radius 3 is 2.68 bits per heavy atom. The van der Waals surface area contributed by atoms with Crippen LogP contribution in [0, 0.1) is 6.92 Å². The van der Waals surface area contributed by atoms with Crippen molar-refractivity contribution in [1.29, 1.82) is 0 Å². The summed E-state index contributed by atoms with van der Waals surface area (Å²) >= 11 is 0. The highest BCUT2D eigenvalue weighted by atomic mass is 16.5. The molecule has 1 aliphatic heterocycles. The first-order valence-corrected chi connectivity index (χ1v) is 6.89. The summed E-state index contributed by atoms with van der Waals surface area (Å²) in [7, 11) is 0. The van der Waals surface area contributed by atoms with E-state index >= 15 is 0 Å². The molecule has 0 N–H and O–H groups in total. The number of nitrogens with zero attached hydrogens (tertiary/aromatic N) is 2. The zero-order valence-corrected chi connectivity index (χ0v) is 12.6. The smallest absolute Gasteiger partial charge is 0.249 e. The van der Waals surface area contributed by atoms with Gasteiger partial charge in [-0.1, -0.05) is 0 Å². The van der Waals surface area contributed by atoms with Gasteiger partial charge in [0, 0.05) is 24.5 Å². The maximum Gasteiger partial charge on any atom is 0.249 e. The minimum atomic E-state index is -0.272. The highest BCUT2D eigenvalue weighted by Gasteiger charge is 2.28. The van der Waals surface area contributed by atoms with E-state index in [1.807, 2.05) is 25.7 Å². The molecule has 1 amide bonds. The zero-order valence-electron chi connectivity index (χ0n) is 12.6. The van der Waals surface area contributed by atoms with Gasteiger partial charge >= 0.3 is 0 Å². The number of carbonyl (C=O) groups excluding carboxylic acids is 1. The first kappa shape index (κ1) is 14.1. The molecule has 1 aliphatic rings. The van der Waals surface area contributed by atoms with E-state index < -0.39 is 0 Å². The van der Waals surface area contributed by atoms with Gasteiger partial charge in [-0.3, -0.25) is 4.79 Å². The second kappa shape index (κ2) is 5.00. The minimum absolute atomic E-state index is 0.0764. The summed E-state index contributed by atoms with van der Waals surface area (Å²) in [6, 6.07) is 4.36. The largest absolute Gasteiger partial charge is 0.366 e. The molecule has 4 heteroatoms. The number of hydrogen-bond donors (Lipinski definition) is 0. The maximum atomic E-state index is 12.3. The summed E-state index contributed by atoms with van der Waals surface area (Å²) in [5.41, 5.74) is 2.21. The van der Waals surface area contributed by atoms with Gasteiger partial charge in [-0.25, -0.2) is 0 Å². The molecule has 0 aromatic carbocycles. The molecule has 2 heterocycles. The molecule has 0 fully saturated rings. The average Bonchev–Trinajstić information content (AvgIpc) is 2.69. The van der Waals surface area contributed by atoms with Crippen molar-refractivity contribution < 1.29 is 9.53 Å². The number of fused-ring (bicyclic) bond motifs is 1. The fraction of sp³-hybridized carbons (Fsp3) is 0.667. The monoisotopic (exact) mass is 264 g/mol. The molecule has 0 aliphatic carbocycles. The van der Waals surface area contributed by atoms with Crippen molar-refractivity contribution in [3.8, 4) is 0 Å². The molecule has 19 heavy (non-hydrogen) atoms. The van der Waals surface area contributed by atoms with Gasteiger partial charge in [0.1, 0.15) is 6.61 Å². The standard InChI is InChI=1S/C15H24N2O2/c1-11-6-7-13-12(2)17(9-8-16(11)13)14(18)10-19-15(3,4)5/h6-7,12H,8-10H2,1-5H3. The highest BCUT2D eigenvalue weighted by Crippen LogP contribution is 2.27. The Balaban J connectivity index is 2.05. The van der Waals surface area contributed by atoms with Crippen LogP contribution in [0.2, 0.25) is 0 Å². The summed E-state index contributed by atoms with van der Waals surface area (Å²) in [6.45, 7) is 11.9. The van der Waals surface area contributed by atoms with Crippen LogP contribution in [0.3, 0.4) is 0 Å². The van der Waals surface area contributed by atoms with E-state index in [9.17, 15) is 4.79 Å². The molecule has 1 aromatic heterocycles. The third-order valence-electron chi connectivity index (χ3n) is 3.64. The van der Waals surface area contributed by atoms with Crippen LogP contribution in [-0.2, 0) is 16.1 Å². The van der Waals surface area contributed by atoms with Crippen molar-refractivity contribution in [3.63, 3.8) is 0 Å². The number of hydrogen-bond acceptors (Lipinski definition) is 2. The minimum Gasteiger partial charge on any atom is -0.366 e. The van der Waals surface area contributed by atoms with Crippen molar-refractivity contribution in [3.05, 3.63) is 23.5 Å². The van der Waals surface area contributed by atoms with E-state index in [2.05, 4.69) is 30.5 Å². The van der Waals surface area contributed by atoms with Crippen LogP contribution in [-0.4, -0.2) is 34.1 Å². The van der Waals surface area contributed by atoms with Crippen molar-refractivity contribution in [2.45, 2.75) is 52.8 Å². The molecule has 2 rings (SSSR count). The van der Waals surface area contributed by atoms with Crippen molar-refractivity contribution in [2.75, 3.05) is 13.2 Å². The van der Waals surface area contributed by atoms with Crippen molar-refractivity contribution >= 4 is 5.91 Å². The average molecular weight is 264 g/mol. The second-order valence-electron chi connectivity index (χ2n) is 6.22. The summed E-state index contributed by atoms with van der Waals surface area (Å²) in [6.07, 6.45) is 0. The lowest BCUT2D eigenvalue weighted by Gasteiger charge is -2.36. The second-order valence-corrected chi connectivity index (χ2v) is 6.22. The maximum absolute atomic E-state index is 12.3. The number of aromatic nitrogens is 1. The predicted molar refractivity (Wildman–Crippen MR) is 75.0 cm³/mol. The quantitative estimate of drug-likeness (QED) is 0.822. The Morgan fingerprint density at radius 2 is 2.05 bits per heavy atom. The topological polar surface area (TPSA) is 34.5 Å². The summed E-state index contributed by atoms with van der Waals surface area (Å²) in [5, 5.41) is 0. The van der Waals surface area contributed by atoms with Crippen LogP contribution in [0.15, 0.2) is 12.1 Å². The van der Waals surface area contributed by atoms with Gasteiger partial charge in [-0.15, -0.1) is 0 Å². The lowest BCUT2D eigenvalue weighted by Crippen LogP contribution is -2.43. The molecular weight excluding hydrogens is 240 g/mol. The van der Waals surface area contributed by atoms with Gasteiger partial charge in [0.05, 0.1) is 11.6 Å². The Labute approximate surface area is 115 Å². The van der Waals surface area contributed by atoms with Crippen molar-refractivity contribution in [1.82, 2.24) is 9.47 Å². The Morgan fingerprint density at radius 1 is 1.37 bits per heavy atom. The molecular formula is C15H24N2O2. The van der Waals surface area contributed by atoms with E-state index in [1.165, 1.54) is 11.4 Å². The summed E-state index contributed by atoms with van der Waals surface area (Å²) < 4.78 is 7.88. The van der Waals surface area contributed by atoms with Crippen LogP contribution in [0.5, 0.6) is 0 Å². The molecule has 0 saturated carbocycles. The van der Waals surface area contributed by atoms with E-state index in [4.69, 9.17) is 4.74 Å². The lowest BCUT2D eigenvalue weighted by molar-refractivity contribution is -0.144. The Hall–Kier alpha value is -1.29. The molecule has 0 radical (unpaired) electrons. The Bertz CT molecular complexity index is 471. The van der Waals surface area contributed by atoms with Gasteiger partial charge in [-0.05, 0) is 46.8 Å². The molecule has 4 nitrogen and oxygen atoms in total. The highest BCUT2D eigenvalue weighted by molar-refractivity contribution is 5.78. The van der Waals surface area contributed by atoms with Crippen LogP contribution in [0.1, 0.15) is 45.1 Å². The third-order valence-corrected chi connectivity index (χ3v) is 3.64. The SMILES string of the molecule is Cc1ccc2n1CCN(C(=O)COC(C)(C)C)C2C. The van der Waals surface area contributed by atoms with Crippen LogP contribution in [0.25, 0.3) is 0 Å². The van der Waals surface area contributed by atoms with Crippen LogP contribution in [0.4, 0.5) is 0 Å². The zero-order chi connectivity index (χ0) is 14.2. The van der Waals surface area contributed by atoms with Gasteiger partial charge in [0.25, 0.3) is 0 Å². The fourth-order valence-electron chi connectivity index (χ4n) is 2.52. The number of amides is 1. The molecule has 1 atom stereocenters. The third kappa shape index (κ3) is 3.00. The summed E-state index contributed by atoms with van der Waals surface area (Å²) in [4.78, 5) is 14.2. The Kier molecular flexibility index (Phi) is 3.72. The van der Waals surface area contributed by atoms with Crippen LogP contribution < -0.4 is 0 Å². The van der Waals surface area contributed by atoms with E-state index in [-0.39, 0.29) is 24.2 Å². The molecule has 0 bridgehead atoms. The van der Waals surface area contributed by atoms with Gasteiger partial charge in [0.15, 0.2) is 0 Å². The molecule has 1 unspecified atom stereocenters. The predicted octanol–water partition coefficient (Wildman–Crippen LogP) is 2.51. The van der Waals surface area contributed by atoms with Crippen molar-refractivity contribution in [2.24, 2.45) is 0 Å². The number of ether oxygens (including phenoxy) is 1. The van der Waals surface area contributed by atoms with E-state index in [0.717, 1.165) is 13.1 Å². The fourth-order valence-corrected chi connectivity index (χ4v) is 2.52. The van der Waals surface area contributed by atoms with Gasteiger partial charge in [-0.2, -0.15) is 0 Å². The van der Waals surface area contributed by atoms with Crippen LogP contribution >= 0.6 is 0 Å². The first-order valence-electron chi connectivity index (χ1n) is 6.89. The molecule has 1 aromatic rings. The summed E-state index contributed by atoms with van der Waals surface area (Å²) in [5.74, 6) is 0.0764. The van der Waals surface area contributed by atoms with E-state index in [1.54, 1.807) is 0 Å². The van der Waals surface area contributed by atoms with Gasteiger partial charge in [0.2, 0.25) is 5.91 Å². The molecule has 0 spiro atoms. The van der Waals surface area contributed by atoms with Gasteiger partial charge < -0.3 is 14.2 Å². The first-order chi connectivity index (χ1) is 8.79. The number of carbonyl (C=O) groups is 1. The number of rotatable bonds is 2. The normalized spacial score (nSPS) is 19.4. The van der Waals surface area contributed by atoms with E-state index in [0.29, 0.717) is 0 Å². The molecule has 0 saturated heterocycles. The lowest BCUT2D eigenvalue weighted by atomic mass is 10.1. The molecule has 106 valence electrons. The number of aryl methyl sites for hydroxylation is 1.